The molecule has 3 rings (SSSR count). The zero-order valence-electron chi connectivity index (χ0n) is 18.2. The van der Waals surface area contributed by atoms with E-state index < -0.39 is 6.04 Å². The third kappa shape index (κ3) is 5.99. The SMILES string of the molecule is COc1cccc(CC(C(=O)NCC2CN(CC(C)C)CCO2)n2nnnc2C)c1. The first-order chi connectivity index (χ1) is 14.5. The van der Waals surface area contributed by atoms with Crippen LogP contribution in [0.5, 0.6) is 5.75 Å². The standard InChI is InChI=1S/C21H32N6O3/c1-15(2)13-26-8-9-30-19(14-26)12-22-21(28)20(27-16(3)23-24-25-27)11-17-6-5-7-18(10-17)29-4/h5-7,10,15,19-20H,8-9,11-14H2,1-4H3,(H,22,28). The van der Waals surface area contributed by atoms with E-state index in [-0.39, 0.29) is 12.0 Å². The number of morpholine rings is 1. The van der Waals surface area contributed by atoms with Crippen molar-refractivity contribution in [1.82, 2.24) is 30.4 Å². The van der Waals surface area contributed by atoms with Gasteiger partial charge in [-0.15, -0.1) is 5.10 Å². The lowest BCUT2D eigenvalue weighted by molar-refractivity contribution is -0.126. The molecule has 2 unspecified atom stereocenters. The van der Waals surface area contributed by atoms with Crippen molar-refractivity contribution in [2.45, 2.75) is 39.3 Å². The van der Waals surface area contributed by atoms with E-state index in [0.29, 0.717) is 31.3 Å². The van der Waals surface area contributed by atoms with Crippen LogP contribution >= 0.6 is 0 Å². The third-order valence-electron chi connectivity index (χ3n) is 5.17. The Balaban J connectivity index is 1.66. The number of hydrogen-bond donors (Lipinski definition) is 1. The average molecular weight is 417 g/mol. The number of aromatic nitrogens is 4. The van der Waals surface area contributed by atoms with E-state index in [0.717, 1.165) is 30.9 Å². The van der Waals surface area contributed by atoms with E-state index >= 15 is 0 Å². The van der Waals surface area contributed by atoms with Crippen molar-refractivity contribution in [3.05, 3.63) is 35.7 Å². The van der Waals surface area contributed by atoms with Gasteiger partial charge < -0.3 is 14.8 Å². The topological polar surface area (TPSA) is 94.4 Å². The van der Waals surface area contributed by atoms with Crippen molar-refractivity contribution < 1.29 is 14.3 Å². The molecule has 1 aliphatic rings. The third-order valence-corrected chi connectivity index (χ3v) is 5.17. The summed E-state index contributed by atoms with van der Waals surface area (Å²) in [6.45, 7) is 10.2. The first kappa shape index (κ1) is 22.2. The molecular formula is C21H32N6O3. The maximum Gasteiger partial charge on any atom is 0.245 e. The molecule has 9 heteroatoms. The van der Waals surface area contributed by atoms with Crippen molar-refractivity contribution in [3.63, 3.8) is 0 Å². The van der Waals surface area contributed by atoms with Crippen molar-refractivity contribution >= 4 is 5.91 Å². The molecule has 164 valence electrons. The van der Waals surface area contributed by atoms with Crippen LogP contribution in [0.2, 0.25) is 0 Å². The molecule has 0 spiro atoms. The molecule has 1 amide bonds. The van der Waals surface area contributed by atoms with Gasteiger partial charge in [-0.3, -0.25) is 9.69 Å². The average Bonchev–Trinajstić information content (AvgIpc) is 3.15. The quantitative estimate of drug-likeness (QED) is 0.657. The number of benzene rings is 1. The van der Waals surface area contributed by atoms with Gasteiger partial charge in [-0.2, -0.15) is 0 Å². The van der Waals surface area contributed by atoms with Gasteiger partial charge in [0.2, 0.25) is 5.91 Å². The van der Waals surface area contributed by atoms with Gasteiger partial charge >= 0.3 is 0 Å². The number of tetrazole rings is 1. The van der Waals surface area contributed by atoms with Crippen LogP contribution in [0.1, 0.15) is 31.3 Å². The molecule has 2 aromatic rings. The Morgan fingerprint density at radius 3 is 2.93 bits per heavy atom. The minimum absolute atomic E-state index is 0.0195. The monoisotopic (exact) mass is 416 g/mol. The van der Waals surface area contributed by atoms with Gasteiger partial charge in [0.15, 0.2) is 0 Å². The van der Waals surface area contributed by atoms with Crippen molar-refractivity contribution in [1.29, 1.82) is 0 Å². The van der Waals surface area contributed by atoms with Crippen LogP contribution in [-0.4, -0.2) is 77.0 Å². The molecule has 1 N–H and O–H groups in total. The van der Waals surface area contributed by atoms with Crippen LogP contribution in [0.3, 0.4) is 0 Å². The summed E-state index contributed by atoms with van der Waals surface area (Å²) in [5.41, 5.74) is 0.974. The van der Waals surface area contributed by atoms with Crippen molar-refractivity contribution in [2.75, 3.05) is 39.9 Å². The van der Waals surface area contributed by atoms with Gasteiger partial charge in [-0.25, -0.2) is 4.68 Å². The minimum Gasteiger partial charge on any atom is -0.497 e. The van der Waals surface area contributed by atoms with E-state index in [1.165, 1.54) is 0 Å². The number of methoxy groups -OCH3 is 1. The molecule has 2 heterocycles. The van der Waals surface area contributed by atoms with Gasteiger partial charge in [-0.1, -0.05) is 26.0 Å². The number of nitrogens with zero attached hydrogens (tertiary/aromatic N) is 5. The highest BCUT2D eigenvalue weighted by Crippen LogP contribution is 2.19. The van der Waals surface area contributed by atoms with E-state index in [2.05, 4.69) is 39.6 Å². The molecule has 1 fully saturated rings. The summed E-state index contributed by atoms with van der Waals surface area (Å²) < 4.78 is 12.7. The summed E-state index contributed by atoms with van der Waals surface area (Å²) in [4.78, 5) is 15.5. The minimum atomic E-state index is -0.553. The van der Waals surface area contributed by atoms with Gasteiger partial charge in [0.05, 0.1) is 19.8 Å². The molecule has 0 aliphatic carbocycles. The first-order valence-electron chi connectivity index (χ1n) is 10.4. The Hall–Kier alpha value is -2.52. The van der Waals surface area contributed by atoms with Crippen LogP contribution in [0.15, 0.2) is 24.3 Å². The summed E-state index contributed by atoms with van der Waals surface area (Å²) >= 11 is 0. The Labute approximate surface area is 177 Å². The Bertz CT molecular complexity index is 825. The molecule has 0 saturated carbocycles. The molecule has 0 bridgehead atoms. The fraction of sp³-hybridized carbons (Fsp3) is 0.619. The zero-order valence-corrected chi connectivity index (χ0v) is 18.2. The second-order valence-corrected chi connectivity index (χ2v) is 8.13. The summed E-state index contributed by atoms with van der Waals surface area (Å²) in [5, 5.41) is 14.8. The number of amides is 1. The van der Waals surface area contributed by atoms with E-state index in [1.54, 1.807) is 18.7 Å². The molecule has 2 atom stereocenters. The first-order valence-corrected chi connectivity index (χ1v) is 10.4. The van der Waals surface area contributed by atoms with Crippen LogP contribution in [0, 0.1) is 12.8 Å². The number of hydrogen-bond acceptors (Lipinski definition) is 7. The second-order valence-electron chi connectivity index (χ2n) is 8.13. The highest BCUT2D eigenvalue weighted by atomic mass is 16.5. The normalized spacial score (nSPS) is 18.4. The zero-order chi connectivity index (χ0) is 21.5. The van der Waals surface area contributed by atoms with Gasteiger partial charge in [0, 0.05) is 32.6 Å². The number of carbonyl (C=O) groups is 1. The highest BCUT2D eigenvalue weighted by Gasteiger charge is 2.27. The molecule has 9 nitrogen and oxygen atoms in total. The van der Waals surface area contributed by atoms with Gasteiger partial charge in [0.25, 0.3) is 0 Å². The fourth-order valence-corrected chi connectivity index (χ4v) is 3.76. The molecule has 1 saturated heterocycles. The lowest BCUT2D eigenvalue weighted by Gasteiger charge is -2.34. The summed E-state index contributed by atoms with van der Waals surface area (Å²) in [6, 6.07) is 7.13. The predicted molar refractivity (Wildman–Crippen MR) is 112 cm³/mol. The smallest absolute Gasteiger partial charge is 0.245 e. The highest BCUT2D eigenvalue weighted by molar-refractivity contribution is 5.80. The second kappa shape index (κ2) is 10.5. The van der Waals surface area contributed by atoms with E-state index in [1.807, 2.05) is 24.3 Å². The molecular weight excluding hydrogens is 384 g/mol. The Morgan fingerprint density at radius 2 is 2.23 bits per heavy atom. The summed E-state index contributed by atoms with van der Waals surface area (Å²) in [7, 11) is 1.63. The maximum atomic E-state index is 13.1. The van der Waals surface area contributed by atoms with Gasteiger partial charge in [-0.05, 0) is 41.0 Å². The number of ether oxygens (including phenoxy) is 2. The number of aryl methyl sites for hydroxylation is 1. The van der Waals surface area contributed by atoms with E-state index in [4.69, 9.17) is 9.47 Å². The lowest BCUT2D eigenvalue weighted by atomic mass is 10.0. The maximum absolute atomic E-state index is 13.1. The van der Waals surface area contributed by atoms with Crippen LogP contribution < -0.4 is 10.1 Å². The molecule has 1 aromatic carbocycles. The molecule has 1 aliphatic heterocycles. The lowest BCUT2D eigenvalue weighted by Crippen LogP contribution is -2.49. The Kier molecular flexibility index (Phi) is 7.75. The van der Waals surface area contributed by atoms with E-state index in [9.17, 15) is 4.79 Å². The van der Waals surface area contributed by atoms with Crippen LogP contribution in [0.4, 0.5) is 0 Å². The number of rotatable bonds is 9. The molecule has 30 heavy (non-hydrogen) atoms. The molecule has 0 radical (unpaired) electrons. The van der Waals surface area contributed by atoms with Crippen LogP contribution in [0.25, 0.3) is 0 Å². The molecule has 1 aromatic heterocycles. The van der Waals surface area contributed by atoms with Crippen molar-refractivity contribution in [2.24, 2.45) is 5.92 Å². The largest absolute Gasteiger partial charge is 0.497 e. The Morgan fingerprint density at radius 1 is 1.40 bits per heavy atom. The summed E-state index contributed by atoms with van der Waals surface area (Å²) in [5.74, 6) is 1.82. The predicted octanol–water partition coefficient (Wildman–Crippen LogP) is 1.25. The van der Waals surface area contributed by atoms with Crippen molar-refractivity contribution in [3.8, 4) is 5.75 Å². The van der Waals surface area contributed by atoms with Crippen LogP contribution in [-0.2, 0) is 16.0 Å². The number of nitrogens with one attached hydrogen (secondary N) is 1. The summed E-state index contributed by atoms with van der Waals surface area (Å²) in [6.07, 6.45) is 0.439. The van der Waals surface area contributed by atoms with Gasteiger partial charge in [0.1, 0.15) is 17.6 Å². The number of carbonyl (C=O) groups excluding carboxylic acids is 1. The fourth-order valence-electron chi connectivity index (χ4n) is 3.76.